The maximum Gasteiger partial charge on any atom is 0.130 e. The van der Waals surface area contributed by atoms with Crippen LogP contribution in [0.5, 0.6) is 11.5 Å². The summed E-state index contributed by atoms with van der Waals surface area (Å²) in [7, 11) is 1.70. The average molecular weight is 362 g/mol. The minimum Gasteiger partial charge on any atom is -0.496 e. The number of ether oxygens (including phenoxy) is 2. The van der Waals surface area contributed by atoms with E-state index in [1.165, 1.54) is 5.56 Å². The van der Waals surface area contributed by atoms with Crippen LogP contribution >= 0.6 is 0 Å². The zero-order chi connectivity index (χ0) is 19.1. The van der Waals surface area contributed by atoms with Crippen molar-refractivity contribution in [1.29, 1.82) is 0 Å². The maximum atomic E-state index is 6.01. The summed E-state index contributed by atoms with van der Waals surface area (Å²) in [6.45, 7) is 6.21. The Morgan fingerprint density at radius 2 is 1.67 bits per heavy atom. The Bertz CT molecular complexity index is 856. The van der Waals surface area contributed by atoms with Gasteiger partial charge in [0.1, 0.15) is 18.1 Å². The lowest BCUT2D eigenvalue weighted by Crippen LogP contribution is -2.14. The van der Waals surface area contributed by atoms with Crippen molar-refractivity contribution < 1.29 is 9.47 Å². The van der Waals surface area contributed by atoms with Crippen LogP contribution in [0.25, 0.3) is 0 Å². The van der Waals surface area contributed by atoms with Crippen molar-refractivity contribution >= 4 is 0 Å². The van der Waals surface area contributed by atoms with E-state index >= 15 is 0 Å². The van der Waals surface area contributed by atoms with Crippen molar-refractivity contribution in [2.24, 2.45) is 0 Å². The molecule has 3 aromatic rings. The van der Waals surface area contributed by atoms with Gasteiger partial charge in [0.05, 0.1) is 12.8 Å². The number of hydrogen-bond acceptors (Lipinski definition) is 4. The Morgan fingerprint density at radius 3 is 2.37 bits per heavy atom. The lowest BCUT2D eigenvalue weighted by Gasteiger charge is -2.15. The fourth-order valence-electron chi connectivity index (χ4n) is 3.19. The highest BCUT2D eigenvalue weighted by Crippen LogP contribution is 2.26. The molecule has 0 amide bonds. The summed E-state index contributed by atoms with van der Waals surface area (Å²) in [6, 6.07) is 18.3. The van der Waals surface area contributed by atoms with Gasteiger partial charge in [-0.25, -0.2) is 0 Å². The Kier molecular flexibility index (Phi) is 6.44. The molecule has 1 aromatic heterocycles. The van der Waals surface area contributed by atoms with Crippen LogP contribution in [-0.4, -0.2) is 12.1 Å². The van der Waals surface area contributed by atoms with Crippen LogP contribution in [-0.2, 0) is 19.7 Å². The lowest BCUT2D eigenvalue weighted by atomic mass is 10.1. The Balaban J connectivity index is 1.60. The number of rotatable bonds is 8. The molecule has 4 nitrogen and oxygen atoms in total. The molecule has 0 unspecified atom stereocenters. The molecule has 0 aliphatic heterocycles. The molecule has 140 valence electrons. The van der Waals surface area contributed by atoms with Gasteiger partial charge in [-0.3, -0.25) is 4.98 Å². The van der Waals surface area contributed by atoms with Crippen molar-refractivity contribution in [2.45, 2.75) is 33.5 Å². The molecule has 1 N–H and O–H groups in total. The second kappa shape index (κ2) is 9.19. The smallest absolute Gasteiger partial charge is 0.130 e. The highest BCUT2D eigenvalue weighted by atomic mass is 16.5. The second-order valence-electron chi connectivity index (χ2n) is 6.58. The average Bonchev–Trinajstić information content (AvgIpc) is 2.68. The number of aromatic nitrogens is 1. The predicted octanol–water partition coefficient (Wildman–Crippen LogP) is 4.58. The van der Waals surface area contributed by atoms with Crippen LogP contribution < -0.4 is 14.8 Å². The number of nitrogens with zero attached hydrogens (tertiary/aromatic N) is 1. The highest BCUT2D eigenvalue weighted by molar-refractivity contribution is 5.43. The summed E-state index contributed by atoms with van der Waals surface area (Å²) < 4.78 is 11.4. The van der Waals surface area contributed by atoms with Gasteiger partial charge in [0.25, 0.3) is 0 Å². The zero-order valence-corrected chi connectivity index (χ0v) is 16.2. The fraction of sp³-hybridized carbons (Fsp3) is 0.261. The number of benzene rings is 2. The van der Waals surface area contributed by atoms with Crippen molar-refractivity contribution in [1.82, 2.24) is 10.3 Å². The molecule has 0 aliphatic carbocycles. The van der Waals surface area contributed by atoms with Crippen molar-refractivity contribution in [3.8, 4) is 11.5 Å². The molecule has 2 aromatic carbocycles. The summed E-state index contributed by atoms with van der Waals surface area (Å²) in [4.78, 5) is 4.31. The number of nitrogens with one attached hydrogen (secondary N) is 1. The molecule has 27 heavy (non-hydrogen) atoms. The molecular formula is C23H26N2O2. The predicted molar refractivity (Wildman–Crippen MR) is 108 cm³/mol. The zero-order valence-electron chi connectivity index (χ0n) is 16.2. The SMILES string of the molecule is COc1ccccc1CNCc1cc(C)c(OCc2ccccn2)c(C)c1. The molecule has 3 rings (SSSR count). The van der Waals surface area contributed by atoms with E-state index in [1.54, 1.807) is 13.3 Å². The van der Waals surface area contributed by atoms with Crippen LogP contribution in [0, 0.1) is 13.8 Å². The standard InChI is InChI=1S/C23H26N2O2/c1-17-12-19(14-24-15-20-8-4-5-10-22(20)26-3)13-18(2)23(17)27-16-21-9-6-7-11-25-21/h4-13,24H,14-16H2,1-3H3. The molecule has 1 heterocycles. The van der Waals surface area contributed by atoms with E-state index in [9.17, 15) is 0 Å². The maximum absolute atomic E-state index is 6.01. The Hall–Kier alpha value is -2.85. The first-order valence-electron chi connectivity index (χ1n) is 9.13. The monoisotopic (exact) mass is 362 g/mol. The number of aryl methyl sites for hydroxylation is 2. The van der Waals surface area contributed by atoms with E-state index < -0.39 is 0 Å². The van der Waals surface area contributed by atoms with Gasteiger partial charge in [-0.15, -0.1) is 0 Å². The molecule has 0 radical (unpaired) electrons. The normalized spacial score (nSPS) is 10.6. The van der Waals surface area contributed by atoms with Crippen molar-refractivity contribution in [3.63, 3.8) is 0 Å². The van der Waals surface area contributed by atoms with E-state index in [0.29, 0.717) is 6.61 Å². The van der Waals surface area contributed by atoms with Gasteiger partial charge < -0.3 is 14.8 Å². The summed E-state index contributed by atoms with van der Waals surface area (Å²) in [5.74, 6) is 1.85. The molecule has 0 saturated carbocycles. The minimum atomic E-state index is 0.480. The quantitative estimate of drug-likeness (QED) is 0.637. The number of hydrogen-bond donors (Lipinski definition) is 1. The van der Waals surface area contributed by atoms with Crippen molar-refractivity contribution in [2.75, 3.05) is 7.11 Å². The third-order valence-corrected chi connectivity index (χ3v) is 4.45. The van der Waals surface area contributed by atoms with Gasteiger partial charge >= 0.3 is 0 Å². The fourth-order valence-corrected chi connectivity index (χ4v) is 3.19. The third kappa shape index (κ3) is 5.08. The van der Waals surface area contributed by atoms with Gasteiger partial charge in [-0.05, 0) is 48.7 Å². The van der Waals surface area contributed by atoms with E-state index in [1.807, 2.05) is 36.4 Å². The van der Waals surface area contributed by atoms with Crippen LogP contribution in [0.3, 0.4) is 0 Å². The summed E-state index contributed by atoms with van der Waals surface area (Å²) >= 11 is 0. The molecule has 0 saturated heterocycles. The van der Waals surface area contributed by atoms with Gasteiger partial charge in [0.2, 0.25) is 0 Å². The summed E-state index contributed by atoms with van der Waals surface area (Å²) in [6.07, 6.45) is 1.79. The highest BCUT2D eigenvalue weighted by Gasteiger charge is 2.08. The van der Waals surface area contributed by atoms with Gasteiger partial charge in [0, 0.05) is 24.8 Å². The summed E-state index contributed by atoms with van der Waals surface area (Å²) in [5.41, 5.74) is 5.60. The first kappa shape index (κ1) is 18.9. The first-order valence-corrected chi connectivity index (χ1v) is 9.13. The molecule has 0 bridgehead atoms. The second-order valence-corrected chi connectivity index (χ2v) is 6.58. The topological polar surface area (TPSA) is 43.4 Å². The third-order valence-electron chi connectivity index (χ3n) is 4.45. The number of methoxy groups -OCH3 is 1. The molecule has 0 atom stereocenters. The summed E-state index contributed by atoms with van der Waals surface area (Å²) in [5, 5.41) is 3.49. The number of para-hydroxylation sites is 1. The van der Waals surface area contributed by atoms with Crippen LogP contribution in [0.4, 0.5) is 0 Å². The minimum absolute atomic E-state index is 0.480. The van der Waals surface area contributed by atoms with Gasteiger partial charge in [-0.2, -0.15) is 0 Å². The van der Waals surface area contributed by atoms with E-state index in [2.05, 4.69) is 42.3 Å². The van der Waals surface area contributed by atoms with E-state index in [0.717, 1.165) is 47.0 Å². The van der Waals surface area contributed by atoms with Gasteiger partial charge in [0.15, 0.2) is 0 Å². The van der Waals surface area contributed by atoms with Crippen LogP contribution in [0.2, 0.25) is 0 Å². The largest absolute Gasteiger partial charge is 0.496 e. The van der Waals surface area contributed by atoms with Crippen molar-refractivity contribution in [3.05, 3.63) is 88.7 Å². The van der Waals surface area contributed by atoms with Crippen LogP contribution in [0.1, 0.15) is 27.9 Å². The van der Waals surface area contributed by atoms with E-state index in [-0.39, 0.29) is 0 Å². The molecule has 0 spiro atoms. The molecule has 0 aliphatic rings. The first-order chi connectivity index (χ1) is 13.2. The molecule has 4 heteroatoms. The molecular weight excluding hydrogens is 336 g/mol. The Morgan fingerprint density at radius 1 is 0.926 bits per heavy atom. The lowest BCUT2D eigenvalue weighted by molar-refractivity contribution is 0.297. The van der Waals surface area contributed by atoms with E-state index in [4.69, 9.17) is 9.47 Å². The number of pyridine rings is 1. The van der Waals surface area contributed by atoms with Crippen LogP contribution in [0.15, 0.2) is 60.8 Å². The van der Waals surface area contributed by atoms with Gasteiger partial charge in [-0.1, -0.05) is 36.4 Å². The molecule has 0 fully saturated rings. The Labute approximate surface area is 161 Å².